The smallest absolute Gasteiger partial charge is 0.230 e. The van der Waals surface area contributed by atoms with Gasteiger partial charge in [0, 0.05) is 18.8 Å². The number of aryl methyl sites for hydroxylation is 1. The molecule has 1 aliphatic rings. The molecule has 106 valence electrons. The lowest BCUT2D eigenvalue weighted by Crippen LogP contribution is -2.21. The summed E-state index contributed by atoms with van der Waals surface area (Å²) in [5, 5.41) is 3.66. The van der Waals surface area contributed by atoms with Gasteiger partial charge in [-0.1, -0.05) is 31.0 Å². The molecule has 0 bridgehead atoms. The van der Waals surface area contributed by atoms with Crippen molar-refractivity contribution in [2.45, 2.75) is 57.1 Å². The molecule has 0 atom stereocenters. The summed E-state index contributed by atoms with van der Waals surface area (Å²) in [6.45, 7) is 4.19. The predicted molar refractivity (Wildman–Crippen MR) is 78.6 cm³/mol. The van der Waals surface area contributed by atoms with E-state index in [0.29, 0.717) is 11.8 Å². The van der Waals surface area contributed by atoms with E-state index in [1.165, 1.54) is 37.8 Å². The van der Waals surface area contributed by atoms with Gasteiger partial charge in [-0.2, -0.15) is 0 Å². The minimum Gasteiger partial charge on any atom is -0.358 e. The van der Waals surface area contributed by atoms with Crippen molar-refractivity contribution in [2.24, 2.45) is 0 Å². The minimum atomic E-state index is 0.0542. The molecule has 1 fully saturated rings. The van der Waals surface area contributed by atoms with Crippen LogP contribution in [-0.4, -0.2) is 28.3 Å². The zero-order valence-electron chi connectivity index (χ0n) is 12.0. The van der Waals surface area contributed by atoms with Crippen LogP contribution >= 0.6 is 11.8 Å². The Bertz CT molecular complexity index is 450. The minimum absolute atomic E-state index is 0.0542. The molecule has 0 aromatic carbocycles. The van der Waals surface area contributed by atoms with Crippen LogP contribution in [0.25, 0.3) is 0 Å². The molecule has 1 saturated carbocycles. The van der Waals surface area contributed by atoms with Gasteiger partial charge in [-0.05, 0) is 26.7 Å². The van der Waals surface area contributed by atoms with Gasteiger partial charge in [0.25, 0.3) is 0 Å². The lowest BCUT2D eigenvalue weighted by Gasteiger charge is -2.25. The Balaban J connectivity index is 2.17. The molecular weight excluding hydrogens is 258 g/mol. The van der Waals surface area contributed by atoms with E-state index < -0.39 is 0 Å². The number of amides is 1. The summed E-state index contributed by atoms with van der Waals surface area (Å²) >= 11 is 1.55. The molecule has 0 unspecified atom stereocenters. The Morgan fingerprint density at radius 1 is 1.37 bits per heavy atom. The second kappa shape index (κ2) is 6.46. The number of rotatable bonds is 4. The number of nitrogens with zero attached hydrogens (tertiary/aromatic N) is 2. The van der Waals surface area contributed by atoms with Crippen LogP contribution in [0, 0.1) is 13.8 Å². The third kappa shape index (κ3) is 3.32. The van der Waals surface area contributed by atoms with Crippen molar-refractivity contribution in [2.75, 3.05) is 12.8 Å². The average Bonchev–Trinajstić information content (AvgIpc) is 2.72. The van der Waals surface area contributed by atoms with Gasteiger partial charge in [-0.25, -0.2) is 4.98 Å². The van der Waals surface area contributed by atoms with Crippen LogP contribution in [0.1, 0.15) is 49.5 Å². The molecule has 5 heteroatoms. The summed E-state index contributed by atoms with van der Waals surface area (Å²) < 4.78 is 2.36. The van der Waals surface area contributed by atoms with E-state index in [2.05, 4.69) is 28.7 Å². The molecule has 0 aliphatic heterocycles. The Hall–Kier alpha value is -0.970. The van der Waals surface area contributed by atoms with Crippen LogP contribution < -0.4 is 5.32 Å². The van der Waals surface area contributed by atoms with Crippen molar-refractivity contribution < 1.29 is 4.79 Å². The first-order valence-corrected chi connectivity index (χ1v) is 8.01. The molecular formula is C14H23N3OS. The second-order valence-corrected chi connectivity index (χ2v) is 6.13. The van der Waals surface area contributed by atoms with Crippen LogP contribution in [0.5, 0.6) is 0 Å². The van der Waals surface area contributed by atoms with E-state index in [0.717, 1.165) is 10.9 Å². The molecule has 1 N–H and O–H groups in total. The van der Waals surface area contributed by atoms with Gasteiger partial charge in [-0.3, -0.25) is 4.79 Å². The zero-order chi connectivity index (χ0) is 13.8. The SMILES string of the molecule is CNC(=O)CSc1nc(C)c(C)n1C1CCCCC1. The van der Waals surface area contributed by atoms with Crippen molar-refractivity contribution in [1.29, 1.82) is 0 Å². The van der Waals surface area contributed by atoms with E-state index >= 15 is 0 Å². The van der Waals surface area contributed by atoms with E-state index in [4.69, 9.17) is 0 Å². The van der Waals surface area contributed by atoms with Crippen LogP contribution in [0.2, 0.25) is 0 Å². The third-order valence-corrected chi connectivity index (χ3v) is 4.86. The standard InChI is InChI=1S/C14H23N3OS/c1-10-11(2)17(12-7-5-4-6-8-12)14(16-10)19-9-13(18)15-3/h12H,4-9H2,1-3H3,(H,15,18). The maximum Gasteiger partial charge on any atom is 0.230 e. The fourth-order valence-electron chi connectivity index (χ4n) is 2.67. The largest absolute Gasteiger partial charge is 0.358 e. The highest BCUT2D eigenvalue weighted by atomic mass is 32.2. The van der Waals surface area contributed by atoms with E-state index in [9.17, 15) is 4.79 Å². The summed E-state index contributed by atoms with van der Waals surface area (Å²) in [6.07, 6.45) is 6.44. The molecule has 2 rings (SSSR count). The quantitative estimate of drug-likeness (QED) is 0.863. The topological polar surface area (TPSA) is 46.9 Å². The van der Waals surface area contributed by atoms with E-state index in [1.807, 2.05) is 0 Å². The summed E-state index contributed by atoms with van der Waals surface area (Å²) in [5.74, 6) is 0.498. The number of aromatic nitrogens is 2. The average molecular weight is 281 g/mol. The Morgan fingerprint density at radius 2 is 2.05 bits per heavy atom. The number of hydrogen-bond acceptors (Lipinski definition) is 3. The molecule has 1 aromatic heterocycles. The molecule has 1 aliphatic carbocycles. The third-order valence-electron chi connectivity index (χ3n) is 3.91. The first-order valence-electron chi connectivity index (χ1n) is 7.02. The monoisotopic (exact) mass is 281 g/mol. The van der Waals surface area contributed by atoms with Crippen molar-refractivity contribution >= 4 is 17.7 Å². The molecule has 0 radical (unpaired) electrons. The molecule has 19 heavy (non-hydrogen) atoms. The fourth-order valence-corrected chi connectivity index (χ4v) is 3.70. The number of nitrogens with one attached hydrogen (secondary N) is 1. The molecule has 1 aromatic rings. The maximum absolute atomic E-state index is 11.4. The van der Waals surface area contributed by atoms with Gasteiger partial charge in [0.1, 0.15) is 0 Å². The van der Waals surface area contributed by atoms with E-state index in [1.54, 1.807) is 18.8 Å². The molecule has 0 saturated heterocycles. The van der Waals surface area contributed by atoms with Crippen LogP contribution in [0.15, 0.2) is 5.16 Å². The summed E-state index contributed by atoms with van der Waals surface area (Å²) in [7, 11) is 1.67. The van der Waals surface area contributed by atoms with Crippen molar-refractivity contribution in [3.05, 3.63) is 11.4 Å². The summed E-state index contributed by atoms with van der Waals surface area (Å²) in [6, 6.07) is 0.571. The van der Waals surface area contributed by atoms with Gasteiger partial charge in [-0.15, -0.1) is 0 Å². The highest BCUT2D eigenvalue weighted by molar-refractivity contribution is 7.99. The van der Waals surface area contributed by atoms with E-state index in [-0.39, 0.29) is 5.91 Å². The number of carbonyl (C=O) groups is 1. The van der Waals surface area contributed by atoms with Crippen LogP contribution in [0.3, 0.4) is 0 Å². The Morgan fingerprint density at radius 3 is 2.68 bits per heavy atom. The highest BCUT2D eigenvalue weighted by Crippen LogP contribution is 2.34. The highest BCUT2D eigenvalue weighted by Gasteiger charge is 2.22. The Labute approximate surface area is 119 Å². The molecule has 1 amide bonds. The number of thioether (sulfide) groups is 1. The number of imidazole rings is 1. The van der Waals surface area contributed by atoms with Gasteiger partial charge >= 0.3 is 0 Å². The van der Waals surface area contributed by atoms with Crippen LogP contribution in [0.4, 0.5) is 0 Å². The molecule has 0 spiro atoms. The Kier molecular flexibility index (Phi) is 4.91. The summed E-state index contributed by atoms with van der Waals surface area (Å²) in [4.78, 5) is 16.0. The normalized spacial score (nSPS) is 16.6. The second-order valence-electron chi connectivity index (χ2n) is 5.19. The van der Waals surface area contributed by atoms with Crippen molar-refractivity contribution in [1.82, 2.24) is 14.9 Å². The first kappa shape index (κ1) is 14.4. The fraction of sp³-hybridized carbons (Fsp3) is 0.714. The zero-order valence-corrected chi connectivity index (χ0v) is 12.8. The van der Waals surface area contributed by atoms with Gasteiger partial charge in [0.15, 0.2) is 5.16 Å². The summed E-state index contributed by atoms with van der Waals surface area (Å²) in [5.41, 5.74) is 2.34. The van der Waals surface area contributed by atoms with Gasteiger partial charge < -0.3 is 9.88 Å². The van der Waals surface area contributed by atoms with Crippen LogP contribution in [-0.2, 0) is 4.79 Å². The number of hydrogen-bond donors (Lipinski definition) is 1. The molecule has 4 nitrogen and oxygen atoms in total. The molecule has 1 heterocycles. The predicted octanol–water partition coefficient (Wildman–Crippen LogP) is 2.84. The number of carbonyl (C=O) groups excluding carboxylic acids is 1. The lowest BCUT2D eigenvalue weighted by atomic mass is 9.95. The van der Waals surface area contributed by atoms with Crippen molar-refractivity contribution in [3.8, 4) is 0 Å². The maximum atomic E-state index is 11.4. The lowest BCUT2D eigenvalue weighted by molar-refractivity contribution is -0.118. The van der Waals surface area contributed by atoms with Gasteiger partial charge in [0.05, 0.1) is 11.4 Å². The first-order chi connectivity index (χ1) is 9.13. The van der Waals surface area contributed by atoms with Gasteiger partial charge in [0.2, 0.25) is 5.91 Å². The van der Waals surface area contributed by atoms with Crippen molar-refractivity contribution in [3.63, 3.8) is 0 Å².